The number of halogens is 1. The number of hydrogen-bond acceptors (Lipinski definition) is 5. The van der Waals surface area contributed by atoms with Crippen LogP contribution >= 0.6 is 11.6 Å². The third-order valence-corrected chi connectivity index (χ3v) is 4.42. The van der Waals surface area contributed by atoms with Crippen molar-refractivity contribution in [3.05, 3.63) is 41.4 Å². The minimum absolute atomic E-state index is 0.259. The molecule has 0 saturated carbocycles. The topological polar surface area (TPSA) is 51.4 Å². The summed E-state index contributed by atoms with van der Waals surface area (Å²) < 4.78 is 11.3. The Bertz CT molecular complexity index is 872. The van der Waals surface area contributed by atoms with Gasteiger partial charge in [0.2, 0.25) is 5.28 Å². The van der Waals surface area contributed by atoms with Gasteiger partial charge in [0.05, 0.1) is 18.7 Å². The van der Waals surface area contributed by atoms with E-state index in [1.54, 1.807) is 0 Å². The van der Waals surface area contributed by atoms with Gasteiger partial charge in [0, 0.05) is 30.5 Å². The smallest absolute Gasteiger partial charge is 0.224 e. The highest BCUT2D eigenvalue weighted by Gasteiger charge is 2.17. The number of hydrogen-bond donors (Lipinski definition) is 0. The number of aromatic nitrogens is 2. The lowest BCUT2D eigenvalue weighted by Gasteiger charge is -2.28. The van der Waals surface area contributed by atoms with Crippen molar-refractivity contribution in [3.63, 3.8) is 0 Å². The number of rotatable bonds is 3. The molecule has 0 unspecified atom stereocenters. The van der Waals surface area contributed by atoms with Crippen LogP contribution in [-0.4, -0.2) is 36.3 Å². The summed E-state index contributed by atoms with van der Waals surface area (Å²) in [4.78, 5) is 11.0. The van der Waals surface area contributed by atoms with Gasteiger partial charge < -0.3 is 14.1 Å². The van der Waals surface area contributed by atoms with Crippen LogP contribution < -0.4 is 4.90 Å². The highest BCUT2D eigenvalue weighted by molar-refractivity contribution is 6.28. The van der Waals surface area contributed by atoms with Crippen molar-refractivity contribution >= 4 is 28.3 Å². The Hall–Kier alpha value is -2.11. The van der Waals surface area contributed by atoms with Crippen LogP contribution in [0.4, 0.5) is 5.82 Å². The maximum Gasteiger partial charge on any atom is 0.224 e. The average molecular weight is 344 g/mol. The summed E-state index contributed by atoms with van der Waals surface area (Å²) in [5, 5.41) is 1.25. The van der Waals surface area contributed by atoms with Gasteiger partial charge in [-0.3, -0.25) is 0 Å². The first-order valence-corrected chi connectivity index (χ1v) is 8.51. The lowest BCUT2D eigenvalue weighted by molar-refractivity contribution is 0.122. The molecule has 124 valence electrons. The first-order valence-electron chi connectivity index (χ1n) is 8.13. The first-order chi connectivity index (χ1) is 11.7. The molecule has 0 atom stereocenters. The number of anilines is 1. The molecule has 1 aliphatic rings. The van der Waals surface area contributed by atoms with E-state index in [0.29, 0.717) is 13.2 Å². The molecule has 1 fully saturated rings. The molecule has 0 bridgehead atoms. The predicted molar refractivity (Wildman–Crippen MR) is 94.7 cm³/mol. The number of furan rings is 1. The number of fused-ring (bicyclic) bond motifs is 1. The quantitative estimate of drug-likeness (QED) is 0.674. The SMILES string of the molecule is CCc1ccc(-c2ccc3c(N4CCOCC4)nc(Cl)nc3c2)o1. The summed E-state index contributed by atoms with van der Waals surface area (Å²) in [7, 11) is 0. The van der Waals surface area contributed by atoms with Gasteiger partial charge in [-0.15, -0.1) is 0 Å². The summed E-state index contributed by atoms with van der Waals surface area (Å²) in [5.74, 6) is 2.68. The average Bonchev–Trinajstić information content (AvgIpc) is 3.10. The van der Waals surface area contributed by atoms with Gasteiger partial charge in [0.25, 0.3) is 0 Å². The molecular weight excluding hydrogens is 326 g/mol. The standard InChI is InChI=1S/C18H18ClN3O2/c1-2-13-4-6-16(24-13)12-3-5-14-15(11-12)20-18(19)21-17(14)22-7-9-23-10-8-22/h3-6,11H,2,7-10H2,1H3. The summed E-state index contributed by atoms with van der Waals surface area (Å²) in [6.45, 7) is 5.09. The van der Waals surface area contributed by atoms with Gasteiger partial charge in [-0.1, -0.05) is 13.0 Å². The van der Waals surface area contributed by atoms with Crippen LogP contribution in [0.2, 0.25) is 5.28 Å². The Kier molecular flexibility index (Phi) is 4.12. The van der Waals surface area contributed by atoms with E-state index in [1.165, 1.54) is 0 Å². The third kappa shape index (κ3) is 2.85. The summed E-state index contributed by atoms with van der Waals surface area (Å²) in [5.41, 5.74) is 1.81. The normalized spacial score (nSPS) is 15.2. The summed E-state index contributed by atoms with van der Waals surface area (Å²) in [6, 6.07) is 10.1. The molecule has 3 aromatic rings. The van der Waals surface area contributed by atoms with Gasteiger partial charge in [0.15, 0.2) is 0 Å². The van der Waals surface area contributed by atoms with Crippen LogP contribution in [0.15, 0.2) is 34.7 Å². The minimum Gasteiger partial charge on any atom is -0.461 e. The number of nitrogens with zero attached hydrogens (tertiary/aromatic N) is 3. The Morgan fingerprint density at radius 1 is 1.12 bits per heavy atom. The van der Waals surface area contributed by atoms with Gasteiger partial charge in [-0.25, -0.2) is 4.98 Å². The van der Waals surface area contributed by atoms with Gasteiger partial charge in [-0.05, 0) is 35.9 Å². The molecule has 1 saturated heterocycles. The van der Waals surface area contributed by atoms with Crippen LogP contribution in [0.5, 0.6) is 0 Å². The number of benzene rings is 1. The molecule has 1 aliphatic heterocycles. The minimum atomic E-state index is 0.259. The zero-order valence-electron chi connectivity index (χ0n) is 13.5. The van der Waals surface area contributed by atoms with Crippen LogP contribution in [0.1, 0.15) is 12.7 Å². The van der Waals surface area contributed by atoms with E-state index < -0.39 is 0 Å². The van der Waals surface area contributed by atoms with Crippen LogP contribution in [-0.2, 0) is 11.2 Å². The fourth-order valence-corrected chi connectivity index (χ4v) is 3.15. The van der Waals surface area contributed by atoms with Crippen molar-refractivity contribution in [2.45, 2.75) is 13.3 Å². The summed E-state index contributed by atoms with van der Waals surface area (Å²) in [6.07, 6.45) is 0.878. The third-order valence-electron chi connectivity index (χ3n) is 4.25. The van der Waals surface area contributed by atoms with E-state index in [9.17, 15) is 0 Å². The molecule has 2 aromatic heterocycles. The second-order valence-corrected chi connectivity index (χ2v) is 6.11. The Balaban J connectivity index is 1.79. The van der Waals surface area contributed by atoms with Crippen LogP contribution in [0.3, 0.4) is 0 Å². The maximum absolute atomic E-state index is 6.16. The number of aryl methyl sites for hydroxylation is 1. The monoisotopic (exact) mass is 343 g/mol. The molecule has 0 spiro atoms. The van der Waals surface area contributed by atoms with Crippen molar-refractivity contribution in [1.29, 1.82) is 0 Å². The van der Waals surface area contributed by atoms with Crippen molar-refractivity contribution in [2.75, 3.05) is 31.2 Å². The largest absolute Gasteiger partial charge is 0.461 e. The first kappa shape index (κ1) is 15.4. The highest BCUT2D eigenvalue weighted by Crippen LogP contribution is 2.31. The van der Waals surface area contributed by atoms with E-state index in [4.69, 9.17) is 20.8 Å². The van der Waals surface area contributed by atoms with Gasteiger partial charge in [0.1, 0.15) is 17.3 Å². The Morgan fingerprint density at radius 3 is 2.71 bits per heavy atom. The van der Waals surface area contributed by atoms with E-state index in [0.717, 1.165) is 53.3 Å². The highest BCUT2D eigenvalue weighted by atomic mass is 35.5. The maximum atomic E-state index is 6.16. The molecule has 3 heterocycles. The lowest BCUT2D eigenvalue weighted by Crippen LogP contribution is -2.37. The zero-order chi connectivity index (χ0) is 16.5. The molecular formula is C18H18ClN3O2. The number of morpholine rings is 1. The molecule has 6 heteroatoms. The number of ether oxygens (including phenoxy) is 1. The Morgan fingerprint density at radius 2 is 1.96 bits per heavy atom. The van der Waals surface area contributed by atoms with Crippen molar-refractivity contribution in [1.82, 2.24) is 9.97 Å². The molecule has 0 amide bonds. The second kappa shape index (κ2) is 6.42. The fraction of sp³-hybridized carbons (Fsp3) is 0.333. The molecule has 1 aromatic carbocycles. The van der Waals surface area contributed by atoms with Crippen molar-refractivity contribution < 1.29 is 9.15 Å². The van der Waals surface area contributed by atoms with Crippen molar-refractivity contribution in [2.24, 2.45) is 0 Å². The molecule has 24 heavy (non-hydrogen) atoms. The van der Waals surface area contributed by atoms with E-state index >= 15 is 0 Å². The zero-order valence-corrected chi connectivity index (χ0v) is 14.2. The summed E-state index contributed by atoms with van der Waals surface area (Å²) >= 11 is 6.16. The second-order valence-electron chi connectivity index (χ2n) is 5.77. The van der Waals surface area contributed by atoms with Gasteiger partial charge in [-0.2, -0.15) is 4.98 Å². The molecule has 4 rings (SSSR count). The van der Waals surface area contributed by atoms with Gasteiger partial charge >= 0.3 is 0 Å². The van der Waals surface area contributed by atoms with E-state index in [1.807, 2.05) is 30.3 Å². The molecule has 5 nitrogen and oxygen atoms in total. The van der Waals surface area contributed by atoms with E-state index in [-0.39, 0.29) is 5.28 Å². The fourth-order valence-electron chi connectivity index (χ4n) is 2.98. The Labute approximate surface area is 145 Å². The van der Waals surface area contributed by atoms with Crippen LogP contribution in [0.25, 0.3) is 22.2 Å². The van der Waals surface area contributed by atoms with Crippen LogP contribution in [0, 0.1) is 0 Å². The van der Waals surface area contributed by atoms with Crippen molar-refractivity contribution in [3.8, 4) is 11.3 Å². The molecule has 0 radical (unpaired) electrons. The predicted octanol–water partition coefficient (Wildman–Crippen LogP) is 3.94. The molecule has 0 aliphatic carbocycles. The molecule has 0 N–H and O–H groups in total. The van der Waals surface area contributed by atoms with E-state index in [2.05, 4.69) is 21.8 Å². The lowest BCUT2D eigenvalue weighted by atomic mass is 10.1.